The largest absolute Gasteiger partial charge is 0.481 e. The molecule has 4 N–H and O–H groups in total. The first-order valence-electron chi connectivity index (χ1n) is 13.8. The number of benzene rings is 2. The fourth-order valence-electron chi connectivity index (χ4n) is 5.22. The second-order valence-corrected chi connectivity index (χ2v) is 12.7. The van der Waals surface area contributed by atoms with Gasteiger partial charge in [-0.2, -0.15) is 0 Å². The summed E-state index contributed by atoms with van der Waals surface area (Å²) in [7, 11) is 0. The number of rotatable bonds is 15. The quantitative estimate of drug-likeness (QED) is 0.238. The fraction of sp³-hybridized carbons (Fsp3) is 0.562. The highest BCUT2D eigenvalue weighted by atomic mass is 16.4. The molecular formula is C32H48N2O4. The second kappa shape index (κ2) is 13.9. The van der Waals surface area contributed by atoms with Crippen molar-refractivity contribution < 1.29 is 19.8 Å². The molecule has 0 heterocycles. The van der Waals surface area contributed by atoms with Crippen LogP contribution in [0.5, 0.6) is 0 Å². The van der Waals surface area contributed by atoms with Gasteiger partial charge in [0.15, 0.2) is 0 Å². The summed E-state index contributed by atoms with van der Waals surface area (Å²) in [5, 5.41) is 26.3. The molecule has 2 aromatic carbocycles. The lowest BCUT2D eigenvalue weighted by molar-refractivity contribution is -0.142. The van der Waals surface area contributed by atoms with E-state index in [1.165, 1.54) is 16.7 Å². The molecule has 0 bridgehead atoms. The Morgan fingerprint density at radius 2 is 1.18 bits per heavy atom. The molecule has 6 heteroatoms. The van der Waals surface area contributed by atoms with Crippen LogP contribution in [0.3, 0.4) is 0 Å². The van der Waals surface area contributed by atoms with Crippen molar-refractivity contribution >= 4 is 11.9 Å². The molecule has 38 heavy (non-hydrogen) atoms. The van der Waals surface area contributed by atoms with Crippen molar-refractivity contribution in [2.24, 2.45) is 11.8 Å². The highest BCUT2D eigenvalue weighted by Crippen LogP contribution is 2.21. The van der Waals surface area contributed by atoms with Gasteiger partial charge in [-0.3, -0.25) is 9.59 Å². The van der Waals surface area contributed by atoms with Crippen LogP contribution in [-0.4, -0.2) is 45.3 Å². The first kappa shape index (κ1) is 31.5. The van der Waals surface area contributed by atoms with E-state index in [0.29, 0.717) is 12.8 Å². The van der Waals surface area contributed by atoms with Gasteiger partial charge in [-0.25, -0.2) is 0 Å². The molecular weight excluding hydrogens is 476 g/mol. The Morgan fingerprint density at radius 1 is 0.711 bits per heavy atom. The zero-order valence-corrected chi connectivity index (χ0v) is 24.3. The molecule has 2 aromatic rings. The zero-order chi connectivity index (χ0) is 28.5. The van der Waals surface area contributed by atoms with Gasteiger partial charge in [-0.1, -0.05) is 68.4 Å². The molecule has 0 saturated carbocycles. The average molecular weight is 525 g/mol. The molecule has 0 aliphatic heterocycles. The summed E-state index contributed by atoms with van der Waals surface area (Å²) in [5.41, 5.74) is 3.20. The molecule has 0 fully saturated rings. The third kappa shape index (κ3) is 11.8. The van der Waals surface area contributed by atoms with Crippen LogP contribution in [0.1, 0.15) is 78.0 Å². The number of carboxylic acids is 2. The molecule has 0 aliphatic rings. The predicted molar refractivity (Wildman–Crippen MR) is 155 cm³/mol. The third-order valence-electron chi connectivity index (χ3n) is 6.80. The Kier molecular flexibility index (Phi) is 11.5. The van der Waals surface area contributed by atoms with Crippen molar-refractivity contribution in [3.8, 4) is 0 Å². The third-order valence-corrected chi connectivity index (χ3v) is 6.80. The van der Waals surface area contributed by atoms with Gasteiger partial charge in [0, 0.05) is 23.2 Å². The summed E-state index contributed by atoms with van der Waals surface area (Å²) in [4.78, 5) is 23.1. The van der Waals surface area contributed by atoms with Gasteiger partial charge in [0.1, 0.15) is 0 Å². The average Bonchev–Trinajstić information content (AvgIpc) is 2.78. The number of hydrogen-bond acceptors (Lipinski definition) is 4. The van der Waals surface area contributed by atoms with E-state index in [9.17, 15) is 19.8 Å². The van der Waals surface area contributed by atoms with Gasteiger partial charge >= 0.3 is 11.9 Å². The topological polar surface area (TPSA) is 98.7 Å². The maximum atomic E-state index is 11.6. The van der Waals surface area contributed by atoms with Crippen LogP contribution in [0.4, 0.5) is 0 Å². The Morgan fingerprint density at radius 3 is 1.71 bits per heavy atom. The van der Waals surface area contributed by atoms with Gasteiger partial charge < -0.3 is 20.8 Å². The standard InChI is InChI=1S/C32H48N2O4/c1-22(29(35)36)16-27(33-31(3,4)5)20-25-14-11-15-26(18-25)21-32(6,7)34-28(17-23(2)30(37)38)19-24-12-9-8-10-13-24/h8-15,18,22-23,27-28,33-34H,16-17,19-21H2,1-7H3,(H,35,36)(H,37,38)/t22-,23+,27-,28-/m1/s1. The summed E-state index contributed by atoms with van der Waals surface area (Å²) in [6.45, 7) is 14.2. The SMILES string of the molecule is C[C@H](C[C@H](Cc1cccc(CC(C)(C)N[C@@H](Cc2ccccc2)C[C@H](C)C(=O)O)c1)NC(C)(C)C)C(=O)O. The van der Waals surface area contributed by atoms with Gasteiger partial charge in [-0.15, -0.1) is 0 Å². The molecule has 0 radical (unpaired) electrons. The van der Waals surface area contributed by atoms with Crippen molar-refractivity contribution in [1.82, 2.24) is 10.6 Å². The van der Waals surface area contributed by atoms with Crippen molar-refractivity contribution in [2.45, 2.75) is 104 Å². The lowest BCUT2D eigenvalue weighted by atomic mass is 9.88. The van der Waals surface area contributed by atoms with E-state index in [4.69, 9.17) is 0 Å². The van der Waals surface area contributed by atoms with E-state index in [0.717, 1.165) is 19.3 Å². The van der Waals surface area contributed by atoms with E-state index in [1.54, 1.807) is 13.8 Å². The summed E-state index contributed by atoms with van der Waals surface area (Å²) in [5.74, 6) is -2.40. The lowest BCUT2D eigenvalue weighted by Gasteiger charge is -2.33. The molecule has 0 aliphatic carbocycles. The van der Waals surface area contributed by atoms with Crippen molar-refractivity contribution in [3.05, 3.63) is 71.3 Å². The maximum Gasteiger partial charge on any atom is 0.306 e. The summed E-state index contributed by atoms with van der Waals surface area (Å²) >= 11 is 0. The summed E-state index contributed by atoms with van der Waals surface area (Å²) in [6.07, 6.45) is 3.42. The molecule has 0 unspecified atom stereocenters. The molecule has 0 saturated heterocycles. The number of carboxylic acid groups (broad SMARTS) is 2. The molecule has 0 aromatic heterocycles. The Labute approximate surface area is 229 Å². The molecule has 0 spiro atoms. The van der Waals surface area contributed by atoms with E-state index in [2.05, 4.69) is 81.7 Å². The second-order valence-electron chi connectivity index (χ2n) is 12.7. The monoisotopic (exact) mass is 524 g/mol. The van der Waals surface area contributed by atoms with Crippen LogP contribution < -0.4 is 10.6 Å². The van der Waals surface area contributed by atoms with E-state index in [-0.39, 0.29) is 23.2 Å². The van der Waals surface area contributed by atoms with E-state index >= 15 is 0 Å². The highest BCUT2D eigenvalue weighted by Gasteiger charge is 2.27. The number of carbonyl (C=O) groups is 2. The van der Waals surface area contributed by atoms with Crippen LogP contribution in [0.15, 0.2) is 54.6 Å². The van der Waals surface area contributed by atoms with Gasteiger partial charge in [0.05, 0.1) is 11.8 Å². The minimum atomic E-state index is -0.772. The Hall–Kier alpha value is -2.70. The highest BCUT2D eigenvalue weighted by molar-refractivity contribution is 5.69. The zero-order valence-electron chi connectivity index (χ0n) is 24.3. The van der Waals surface area contributed by atoms with Crippen molar-refractivity contribution in [3.63, 3.8) is 0 Å². The molecule has 2 rings (SSSR count). The van der Waals surface area contributed by atoms with Crippen LogP contribution in [0.2, 0.25) is 0 Å². The maximum absolute atomic E-state index is 11.6. The van der Waals surface area contributed by atoms with E-state index in [1.807, 2.05) is 18.2 Å². The van der Waals surface area contributed by atoms with Crippen molar-refractivity contribution in [2.75, 3.05) is 0 Å². The number of nitrogens with one attached hydrogen (secondary N) is 2. The molecule has 210 valence electrons. The van der Waals surface area contributed by atoms with Crippen LogP contribution in [0, 0.1) is 11.8 Å². The predicted octanol–water partition coefficient (Wildman–Crippen LogP) is 5.73. The first-order chi connectivity index (χ1) is 17.6. The normalized spacial score (nSPS) is 15.4. The number of aliphatic carboxylic acids is 2. The van der Waals surface area contributed by atoms with Gasteiger partial charge in [0.25, 0.3) is 0 Å². The van der Waals surface area contributed by atoms with E-state index < -0.39 is 23.8 Å². The van der Waals surface area contributed by atoms with Crippen molar-refractivity contribution in [1.29, 1.82) is 0 Å². The van der Waals surface area contributed by atoms with Crippen LogP contribution in [0.25, 0.3) is 0 Å². The summed E-state index contributed by atoms with van der Waals surface area (Å²) < 4.78 is 0. The fourth-order valence-corrected chi connectivity index (χ4v) is 5.22. The minimum absolute atomic E-state index is 0.0274. The van der Waals surface area contributed by atoms with Gasteiger partial charge in [-0.05, 0) is 83.4 Å². The molecule has 0 amide bonds. The van der Waals surface area contributed by atoms with Crippen LogP contribution in [-0.2, 0) is 28.9 Å². The smallest absolute Gasteiger partial charge is 0.306 e. The molecule has 6 nitrogen and oxygen atoms in total. The Balaban J connectivity index is 2.16. The van der Waals surface area contributed by atoms with Gasteiger partial charge in [0.2, 0.25) is 0 Å². The van der Waals surface area contributed by atoms with Crippen LogP contribution >= 0.6 is 0 Å². The Bertz CT molecular complexity index is 1030. The lowest BCUT2D eigenvalue weighted by Crippen LogP contribution is -2.49. The first-order valence-corrected chi connectivity index (χ1v) is 13.8. The minimum Gasteiger partial charge on any atom is -0.481 e. The molecule has 4 atom stereocenters. The number of hydrogen-bond donors (Lipinski definition) is 4. The summed E-state index contributed by atoms with van der Waals surface area (Å²) in [6, 6.07) is 18.8.